The minimum atomic E-state index is 0.286. The molecule has 2 rings (SSSR count). The lowest BCUT2D eigenvalue weighted by Crippen LogP contribution is -2.48. The lowest BCUT2D eigenvalue weighted by atomic mass is 9.96. The average molecular weight is 258 g/mol. The highest BCUT2D eigenvalue weighted by Crippen LogP contribution is 2.26. The lowest BCUT2D eigenvalue weighted by Gasteiger charge is -2.35. The highest BCUT2D eigenvalue weighted by molar-refractivity contribution is 8.13. The van der Waals surface area contributed by atoms with E-state index in [1.54, 1.807) is 0 Å². The van der Waals surface area contributed by atoms with E-state index in [0.29, 0.717) is 0 Å². The fraction of sp³-hybridized carbons (Fsp3) is 0.917. The molecule has 0 saturated carbocycles. The summed E-state index contributed by atoms with van der Waals surface area (Å²) in [5, 5.41) is 4.80. The van der Waals surface area contributed by atoms with Crippen molar-refractivity contribution in [2.45, 2.75) is 38.6 Å². The molecule has 4 heteroatoms. The second-order valence-corrected chi connectivity index (χ2v) is 7.25. The molecule has 16 heavy (non-hydrogen) atoms. The number of rotatable bonds is 3. The van der Waals surface area contributed by atoms with Gasteiger partial charge in [0, 0.05) is 17.8 Å². The molecular weight excluding hydrogens is 236 g/mol. The van der Waals surface area contributed by atoms with E-state index in [1.165, 1.54) is 41.7 Å². The van der Waals surface area contributed by atoms with Crippen LogP contribution < -0.4 is 5.32 Å². The predicted octanol–water partition coefficient (Wildman–Crippen LogP) is 2.99. The van der Waals surface area contributed by atoms with Crippen molar-refractivity contribution in [3.05, 3.63) is 0 Å². The molecule has 0 spiro atoms. The van der Waals surface area contributed by atoms with Crippen LogP contribution in [0.25, 0.3) is 0 Å². The minimum absolute atomic E-state index is 0.286. The molecule has 0 aliphatic carbocycles. The maximum atomic E-state index is 4.76. The molecule has 0 aromatic rings. The molecule has 0 aromatic heterocycles. The normalized spacial score (nSPS) is 37.6. The lowest BCUT2D eigenvalue weighted by molar-refractivity contribution is 0.389. The fourth-order valence-electron chi connectivity index (χ4n) is 2.02. The van der Waals surface area contributed by atoms with Crippen LogP contribution in [0.15, 0.2) is 4.99 Å². The van der Waals surface area contributed by atoms with Crippen LogP contribution in [0.1, 0.15) is 33.1 Å². The second-order valence-electron chi connectivity index (χ2n) is 5.01. The largest absolute Gasteiger partial charge is 0.360 e. The molecule has 0 bridgehead atoms. The first-order chi connectivity index (χ1) is 7.72. The van der Waals surface area contributed by atoms with Gasteiger partial charge in [0.15, 0.2) is 5.17 Å². The fourth-order valence-corrected chi connectivity index (χ4v) is 4.52. The zero-order chi connectivity index (χ0) is 11.4. The van der Waals surface area contributed by atoms with E-state index in [2.05, 4.69) is 30.9 Å². The van der Waals surface area contributed by atoms with E-state index in [4.69, 9.17) is 4.99 Å². The van der Waals surface area contributed by atoms with Crippen molar-refractivity contribution < 1.29 is 0 Å². The van der Waals surface area contributed by atoms with Crippen LogP contribution in [-0.2, 0) is 0 Å². The molecule has 2 unspecified atom stereocenters. The first-order valence-corrected chi connectivity index (χ1v) is 8.39. The maximum Gasteiger partial charge on any atom is 0.156 e. The van der Waals surface area contributed by atoms with Crippen molar-refractivity contribution in [2.24, 2.45) is 10.9 Å². The number of nitrogens with zero attached hydrogens (tertiary/aromatic N) is 1. The van der Waals surface area contributed by atoms with E-state index in [9.17, 15) is 0 Å². The van der Waals surface area contributed by atoms with Crippen LogP contribution in [0.4, 0.5) is 0 Å². The van der Waals surface area contributed by atoms with Gasteiger partial charge >= 0.3 is 0 Å². The average Bonchev–Trinajstić information content (AvgIpc) is 2.80. The van der Waals surface area contributed by atoms with Crippen LogP contribution >= 0.6 is 23.5 Å². The summed E-state index contributed by atoms with van der Waals surface area (Å²) in [4.78, 5) is 4.76. The molecule has 2 heterocycles. The van der Waals surface area contributed by atoms with E-state index in [-0.39, 0.29) is 5.54 Å². The first kappa shape index (κ1) is 12.6. The summed E-state index contributed by atoms with van der Waals surface area (Å²) in [5.41, 5.74) is 0.286. The monoisotopic (exact) mass is 258 g/mol. The molecule has 0 radical (unpaired) electrons. The Labute approximate surface area is 107 Å². The molecule has 92 valence electrons. The Morgan fingerprint density at radius 1 is 1.50 bits per heavy atom. The smallest absolute Gasteiger partial charge is 0.156 e. The first-order valence-electron chi connectivity index (χ1n) is 6.25. The number of aliphatic imine (C=N–C) groups is 1. The summed E-state index contributed by atoms with van der Waals surface area (Å²) in [6, 6.07) is 0. The second kappa shape index (κ2) is 5.67. The summed E-state index contributed by atoms with van der Waals surface area (Å²) in [7, 11) is 0. The van der Waals surface area contributed by atoms with Crippen molar-refractivity contribution >= 4 is 28.7 Å². The van der Waals surface area contributed by atoms with Crippen LogP contribution in [0.3, 0.4) is 0 Å². The van der Waals surface area contributed by atoms with Crippen molar-refractivity contribution in [3.63, 3.8) is 0 Å². The Balaban J connectivity index is 1.85. The van der Waals surface area contributed by atoms with Gasteiger partial charge in [-0.3, -0.25) is 4.99 Å². The Morgan fingerprint density at radius 2 is 2.38 bits per heavy atom. The third-order valence-electron chi connectivity index (χ3n) is 3.60. The van der Waals surface area contributed by atoms with E-state index < -0.39 is 0 Å². The molecular formula is C12H22N2S2. The van der Waals surface area contributed by atoms with Crippen molar-refractivity contribution in [1.29, 1.82) is 0 Å². The summed E-state index contributed by atoms with van der Waals surface area (Å²) >= 11 is 3.97. The Bertz CT molecular complexity index is 262. The molecule has 2 fully saturated rings. The summed E-state index contributed by atoms with van der Waals surface area (Å²) in [5.74, 6) is 4.69. The molecule has 0 amide bonds. The van der Waals surface area contributed by atoms with E-state index in [1.807, 2.05) is 11.8 Å². The predicted molar refractivity (Wildman–Crippen MR) is 76.6 cm³/mol. The van der Waals surface area contributed by atoms with Gasteiger partial charge in [0.1, 0.15) is 0 Å². The van der Waals surface area contributed by atoms with E-state index >= 15 is 0 Å². The van der Waals surface area contributed by atoms with Crippen LogP contribution in [0.5, 0.6) is 0 Å². The van der Waals surface area contributed by atoms with Crippen molar-refractivity contribution in [2.75, 3.05) is 23.8 Å². The van der Waals surface area contributed by atoms with E-state index in [0.717, 1.165) is 12.5 Å². The highest BCUT2D eigenvalue weighted by Gasteiger charge is 2.27. The van der Waals surface area contributed by atoms with Crippen LogP contribution in [0.2, 0.25) is 0 Å². The third-order valence-corrected chi connectivity index (χ3v) is 5.74. The van der Waals surface area contributed by atoms with Gasteiger partial charge in [-0.05, 0) is 43.6 Å². The van der Waals surface area contributed by atoms with Gasteiger partial charge in [-0.25, -0.2) is 0 Å². The number of hydrogen-bond donors (Lipinski definition) is 1. The van der Waals surface area contributed by atoms with Gasteiger partial charge in [0.05, 0.1) is 0 Å². The molecule has 2 saturated heterocycles. The zero-order valence-electron chi connectivity index (χ0n) is 10.3. The molecule has 2 nitrogen and oxygen atoms in total. The van der Waals surface area contributed by atoms with Gasteiger partial charge in [-0.1, -0.05) is 18.7 Å². The van der Waals surface area contributed by atoms with Gasteiger partial charge < -0.3 is 5.32 Å². The molecule has 2 aliphatic rings. The van der Waals surface area contributed by atoms with Gasteiger partial charge in [-0.2, -0.15) is 11.8 Å². The summed E-state index contributed by atoms with van der Waals surface area (Å²) in [6.07, 6.45) is 3.80. The van der Waals surface area contributed by atoms with Crippen LogP contribution in [0, 0.1) is 5.92 Å². The zero-order valence-corrected chi connectivity index (χ0v) is 11.9. The van der Waals surface area contributed by atoms with Gasteiger partial charge in [0.2, 0.25) is 0 Å². The SMILES string of the molecule is CCC1(C)CCSC(=NCC2CCSC2)N1. The van der Waals surface area contributed by atoms with Crippen molar-refractivity contribution in [3.8, 4) is 0 Å². The Hall–Kier alpha value is 0.170. The van der Waals surface area contributed by atoms with Gasteiger partial charge in [-0.15, -0.1) is 0 Å². The standard InChI is InChI=1S/C12H22N2S2/c1-3-12(2)5-7-16-11(14-12)13-8-10-4-6-15-9-10/h10H,3-9H2,1-2H3,(H,13,14). The highest BCUT2D eigenvalue weighted by atomic mass is 32.2. The number of amidine groups is 1. The maximum absolute atomic E-state index is 4.76. The van der Waals surface area contributed by atoms with Gasteiger partial charge in [0.25, 0.3) is 0 Å². The third kappa shape index (κ3) is 3.33. The Kier molecular flexibility index (Phi) is 4.48. The Morgan fingerprint density at radius 3 is 3.06 bits per heavy atom. The number of nitrogens with one attached hydrogen (secondary N) is 1. The minimum Gasteiger partial charge on any atom is -0.360 e. The number of thioether (sulfide) groups is 2. The number of hydrogen-bond acceptors (Lipinski definition) is 3. The van der Waals surface area contributed by atoms with Crippen molar-refractivity contribution in [1.82, 2.24) is 5.32 Å². The molecule has 2 aliphatic heterocycles. The summed E-state index contributed by atoms with van der Waals surface area (Å²) in [6.45, 7) is 5.60. The summed E-state index contributed by atoms with van der Waals surface area (Å²) < 4.78 is 0. The van der Waals surface area contributed by atoms with Crippen LogP contribution in [-0.4, -0.2) is 34.5 Å². The molecule has 1 N–H and O–H groups in total. The molecule has 2 atom stereocenters. The topological polar surface area (TPSA) is 24.4 Å². The molecule has 0 aromatic carbocycles. The quantitative estimate of drug-likeness (QED) is 0.842.